The standard InChI is InChI=1S/C12H22ClNO2/c13-8-2-3-9-14-12(15)7-6-11-5-1-4-10-16-11/h11H,1-10H2,(H,14,15). The minimum atomic E-state index is 0.142. The topological polar surface area (TPSA) is 38.3 Å². The van der Waals surface area contributed by atoms with Crippen molar-refractivity contribution in [2.45, 2.75) is 51.0 Å². The number of rotatable bonds is 7. The molecule has 1 unspecified atom stereocenters. The molecule has 0 bridgehead atoms. The van der Waals surface area contributed by atoms with Crippen LogP contribution in [0.3, 0.4) is 0 Å². The number of unbranched alkanes of at least 4 members (excludes halogenated alkanes) is 1. The Morgan fingerprint density at radius 2 is 2.25 bits per heavy atom. The van der Waals surface area contributed by atoms with E-state index in [0.29, 0.717) is 18.4 Å². The highest BCUT2D eigenvalue weighted by molar-refractivity contribution is 6.17. The summed E-state index contributed by atoms with van der Waals surface area (Å²) in [7, 11) is 0. The van der Waals surface area contributed by atoms with Crippen LogP contribution in [0.25, 0.3) is 0 Å². The third kappa shape index (κ3) is 6.33. The maximum atomic E-state index is 11.4. The van der Waals surface area contributed by atoms with Gasteiger partial charge in [0.05, 0.1) is 6.10 Å². The second-order valence-electron chi connectivity index (χ2n) is 4.27. The molecule has 0 saturated carbocycles. The molecule has 16 heavy (non-hydrogen) atoms. The molecule has 0 radical (unpaired) electrons. The van der Waals surface area contributed by atoms with E-state index in [0.717, 1.165) is 38.8 Å². The Labute approximate surface area is 103 Å². The van der Waals surface area contributed by atoms with E-state index in [1.165, 1.54) is 12.8 Å². The van der Waals surface area contributed by atoms with Crippen molar-refractivity contribution in [3.05, 3.63) is 0 Å². The normalized spacial score (nSPS) is 20.7. The van der Waals surface area contributed by atoms with Gasteiger partial charge in [0.2, 0.25) is 5.91 Å². The van der Waals surface area contributed by atoms with Crippen LogP contribution in [-0.4, -0.2) is 31.0 Å². The molecule has 1 aliphatic rings. The number of halogens is 1. The Kier molecular flexibility index (Phi) is 7.60. The number of amides is 1. The van der Waals surface area contributed by atoms with E-state index in [1.54, 1.807) is 0 Å². The molecule has 1 rings (SSSR count). The zero-order valence-corrected chi connectivity index (χ0v) is 10.6. The van der Waals surface area contributed by atoms with E-state index in [9.17, 15) is 4.79 Å². The first-order chi connectivity index (χ1) is 7.83. The fourth-order valence-electron chi connectivity index (χ4n) is 1.86. The van der Waals surface area contributed by atoms with Gasteiger partial charge in [-0.25, -0.2) is 0 Å². The first-order valence-electron chi connectivity index (χ1n) is 6.27. The SMILES string of the molecule is O=C(CCC1CCCCO1)NCCCCCl. The molecule has 1 N–H and O–H groups in total. The van der Waals surface area contributed by atoms with Crippen molar-refractivity contribution in [3.63, 3.8) is 0 Å². The summed E-state index contributed by atoms with van der Waals surface area (Å²) in [6.45, 7) is 1.61. The summed E-state index contributed by atoms with van der Waals surface area (Å²) in [5.74, 6) is 0.815. The van der Waals surface area contributed by atoms with Crippen molar-refractivity contribution in [1.82, 2.24) is 5.32 Å². The summed E-state index contributed by atoms with van der Waals surface area (Å²) in [4.78, 5) is 11.4. The number of carbonyl (C=O) groups excluding carboxylic acids is 1. The molecule has 1 atom stereocenters. The largest absolute Gasteiger partial charge is 0.378 e. The maximum absolute atomic E-state index is 11.4. The van der Waals surface area contributed by atoms with Gasteiger partial charge in [0.25, 0.3) is 0 Å². The highest BCUT2D eigenvalue weighted by atomic mass is 35.5. The van der Waals surface area contributed by atoms with Crippen molar-refractivity contribution in [2.75, 3.05) is 19.0 Å². The van der Waals surface area contributed by atoms with Gasteiger partial charge in [-0.2, -0.15) is 0 Å². The van der Waals surface area contributed by atoms with Gasteiger partial charge in [-0.15, -0.1) is 11.6 Å². The summed E-state index contributed by atoms with van der Waals surface area (Å²) >= 11 is 5.55. The lowest BCUT2D eigenvalue weighted by Crippen LogP contribution is -2.27. The minimum absolute atomic E-state index is 0.142. The van der Waals surface area contributed by atoms with Gasteiger partial charge in [-0.3, -0.25) is 4.79 Å². The molecule has 94 valence electrons. The van der Waals surface area contributed by atoms with Gasteiger partial charge < -0.3 is 10.1 Å². The highest BCUT2D eigenvalue weighted by Gasteiger charge is 2.14. The second-order valence-corrected chi connectivity index (χ2v) is 4.65. The van der Waals surface area contributed by atoms with Crippen LogP contribution in [0.1, 0.15) is 44.9 Å². The lowest BCUT2D eigenvalue weighted by molar-refractivity contribution is -0.122. The van der Waals surface area contributed by atoms with Gasteiger partial charge in [0, 0.05) is 25.5 Å². The van der Waals surface area contributed by atoms with E-state index in [4.69, 9.17) is 16.3 Å². The summed E-state index contributed by atoms with van der Waals surface area (Å²) in [6.07, 6.45) is 7.21. The number of carbonyl (C=O) groups is 1. The highest BCUT2D eigenvalue weighted by Crippen LogP contribution is 2.16. The molecule has 1 aliphatic heterocycles. The van der Waals surface area contributed by atoms with Gasteiger partial charge in [0.1, 0.15) is 0 Å². The summed E-state index contributed by atoms with van der Waals surface area (Å²) < 4.78 is 5.57. The van der Waals surface area contributed by atoms with Crippen LogP contribution < -0.4 is 5.32 Å². The Morgan fingerprint density at radius 3 is 2.94 bits per heavy atom. The number of hydrogen-bond acceptors (Lipinski definition) is 2. The van der Waals surface area contributed by atoms with E-state index < -0.39 is 0 Å². The molecular weight excluding hydrogens is 226 g/mol. The quantitative estimate of drug-likeness (QED) is 0.555. The van der Waals surface area contributed by atoms with Crippen LogP contribution in [0.5, 0.6) is 0 Å². The van der Waals surface area contributed by atoms with Crippen molar-refractivity contribution in [1.29, 1.82) is 0 Å². The fourth-order valence-corrected chi connectivity index (χ4v) is 2.05. The second kappa shape index (κ2) is 8.82. The predicted octanol–water partition coefficient (Wildman–Crippen LogP) is 2.47. The average Bonchev–Trinajstić information content (AvgIpc) is 2.33. The summed E-state index contributed by atoms with van der Waals surface area (Å²) in [6, 6.07) is 0. The number of hydrogen-bond donors (Lipinski definition) is 1. The Morgan fingerprint density at radius 1 is 1.38 bits per heavy atom. The monoisotopic (exact) mass is 247 g/mol. The van der Waals surface area contributed by atoms with Gasteiger partial charge in [0.15, 0.2) is 0 Å². The molecule has 1 saturated heterocycles. The zero-order valence-electron chi connectivity index (χ0n) is 9.84. The van der Waals surface area contributed by atoms with E-state index in [1.807, 2.05) is 0 Å². The molecule has 4 heteroatoms. The van der Waals surface area contributed by atoms with Gasteiger partial charge >= 0.3 is 0 Å². The van der Waals surface area contributed by atoms with E-state index in [-0.39, 0.29) is 5.91 Å². The molecule has 0 aromatic heterocycles. The number of nitrogens with one attached hydrogen (secondary N) is 1. The first-order valence-corrected chi connectivity index (χ1v) is 6.80. The number of ether oxygens (including phenoxy) is 1. The molecule has 0 aromatic rings. The molecular formula is C12H22ClNO2. The first kappa shape index (κ1) is 13.8. The molecule has 0 spiro atoms. The van der Waals surface area contributed by atoms with Crippen LogP contribution in [0.15, 0.2) is 0 Å². The van der Waals surface area contributed by atoms with Crippen molar-refractivity contribution in [3.8, 4) is 0 Å². The smallest absolute Gasteiger partial charge is 0.220 e. The summed E-state index contributed by atoms with van der Waals surface area (Å²) in [5, 5.41) is 2.90. The van der Waals surface area contributed by atoms with Crippen molar-refractivity contribution in [2.24, 2.45) is 0 Å². The average molecular weight is 248 g/mol. The van der Waals surface area contributed by atoms with Crippen LogP contribution in [0.2, 0.25) is 0 Å². The molecule has 0 aromatic carbocycles. The van der Waals surface area contributed by atoms with Gasteiger partial charge in [-0.05, 0) is 38.5 Å². The molecule has 3 nitrogen and oxygen atoms in total. The maximum Gasteiger partial charge on any atom is 0.220 e. The number of alkyl halides is 1. The van der Waals surface area contributed by atoms with Gasteiger partial charge in [-0.1, -0.05) is 0 Å². The third-order valence-electron chi connectivity index (χ3n) is 2.85. The fraction of sp³-hybridized carbons (Fsp3) is 0.917. The Balaban J connectivity index is 1.96. The Bertz CT molecular complexity index is 193. The molecule has 1 heterocycles. The summed E-state index contributed by atoms with van der Waals surface area (Å²) in [5.41, 5.74) is 0. The zero-order chi connectivity index (χ0) is 11.6. The molecule has 1 fully saturated rings. The Hall–Kier alpha value is -0.280. The van der Waals surface area contributed by atoms with E-state index in [2.05, 4.69) is 5.32 Å². The predicted molar refractivity (Wildman–Crippen MR) is 65.8 cm³/mol. The van der Waals surface area contributed by atoms with Crippen LogP contribution in [-0.2, 0) is 9.53 Å². The van der Waals surface area contributed by atoms with Crippen LogP contribution in [0.4, 0.5) is 0 Å². The van der Waals surface area contributed by atoms with Crippen LogP contribution >= 0.6 is 11.6 Å². The molecule has 1 amide bonds. The van der Waals surface area contributed by atoms with E-state index >= 15 is 0 Å². The minimum Gasteiger partial charge on any atom is -0.378 e. The van der Waals surface area contributed by atoms with Crippen molar-refractivity contribution < 1.29 is 9.53 Å². The molecule has 0 aliphatic carbocycles. The third-order valence-corrected chi connectivity index (χ3v) is 3.12. The van der Waals surface area contributed by atoms with Crippen molar-refractivity contribution >= 4 is 17.5 Å². The lowest BCUT2D eigenvalue weighted by atomic mass is 10.0. The lowest BCUT2D eigenvalue weighted by Gasteiger charge is -2.22. The van der Waals surface area contributed by atoms with Crippen LogP contribution in [0, 0.1) is 0 Å².